The number of aromatic nitrogens is 2. The van der Waals surface area contributed by atoms with Crippen molar-refractivity contribution < 1.29 is 18.3 Å². The number of halogens is 2. The Balaban J connectivity index is 1.49. The minimum Gasteiger partial charge on any atom is -0.462 e. The summed E-state index contributed by atoms with van der Waals surface area (Å²) < 4.78 is 37.7. The topological polar surface area (TPSA) is 112 Å². The first kappa shape index (κ1) is 29.7. The van der Waals surface area contributed by atoms with Crippen molar-refractivity contribution in [3.63, 3.8) is 0 Å². The second-order valence-electron chi connectivity index (χ2n) is 11.4. The number of anilines is 2. The van der Waals surface area contributed by atoms with E-state index in [-0.39, 0.29) is 61.8 Å². The fourth-order valence-electron chi connectivity index (χ4n) is 6.58. The van der Waals surface area contributed by atoms with Gasteiger partial charge < -0.3 is 25.2 Å². The molecule has 0 radical (unpaired) electrons. The van der Waals surface area contributed by atoms with Crippen molar-refractivity contribution in [2.45, 2.75) is 44.3 Å². The molecule has 6 rings (SSSR count). The number of amides is 1. The molecular weight excluding hydrogens is 584 g/mol. The molecule has 3 atom stereocenters. The van der Waals surface area contributed by atoms with Gasteiger partial charge in [-0.2, -0.15) is 15.2 Å². The summed E-state index contributed by atoms with van der Waals surface area (Å²) in [5.74, 6) is -0.844. The van der Waals surface area contributed by atoms with Crippen LogP contribution in [0, 0.1) is 23.0 Å². The van der Waals surface area contributed by atoms with Gasteiger partial charge in [-0.3, -0.25) is 4.79 Å². The number of ether oxygens (including phenoxy) is 1. The Labute approximate surface area is 258 Å². The summed E-state index contributed by atoms with van der Waals surface area (Å²) in [5.41, 5.74) is 6.69. The minimum atomic E-state index is -0.646. The summed E-state index contributed by atoms with van der Waals surface area (Å²) >= 11 is 0.961. The lowest BCUT2D eigenvalue weighted by molar-refractivity contribution is -0.126. The molecule has 0 saturated carbocycles. The molecule has 2 N–H and O–H groups in total. The maximum Gasteiger partial charge on any atom is 0.319 e. The van der Waals surface area contributed by atoms with Crippen LogP contribution in [0.2, 0.25) is 0 Å². The molecule has 2 aromatic heterocycles. The highest BCUT2D eigenvalue weighted by Crippen LogP contribution is 2.43. The Morgan fingerprint density at radius 3 is 2.73 bits per heavy atom. The largest absolute Gasteiger partial charge is 0.462 e. The number of likely N-dealkylation sites (N-methyl/N-ethyl adjacent to an activating group) is 2. The quantitative estimate of drug-likeness (QED) is 0.277. The van der Waals surface area contributed by atoms with Gasteiger partial charge in [0.25, 0.3) is 0 Å². The molecule has 0 spiro atoms. The van der Waals surface area contributed by atoms with Crippen LogP contribution >= 0.6 is 11.3 Å². The van der Waals surface area contributed by atoms with Gasteiger partial charge in [-0.1, -0.05) is 18.7 Å². The molecule has 2 aromatic carbocycles. The Bertz CT molecular complexity index is 1840. The highest BCUT2D eigenvalue weighted by atomic mass is 32.1. The van der Waals surface area contributed by atoms with Crippen LogP contribution < -0.4 is 15.4 Å². The standard InChI is InChI=1S/C32H33F2N7O2S/c1-5-25(42)41-14-12-24(17(41)2)40(4)31-21-9-8-20(19-10-11-23(33)29-26(19)22(15-35)30(36)44-29)27(34)28(21)37-32(38-31)43-16-18-7-6-13-39(18)3/h5,8-11,17-18,24H,1,6-7,12-14,16,36H2,2-4H3/t17-,18+,24?/m1/s1. The van der Waals surface area contributed by atoms with Gasteiger partial charge in [0, 0.05) is 42.0 Å². The maximum absolute atomic E-state index is 16.7. The van der Waals surface area contributed by atoms with Crippen molar-refractivity contribution in [3.8, 4) is 23.2 Å². The number of thiophene rings is 1. The van der Waals surface area contributed by atoms with Crippen molar-refractivity contribution in [2.75, 3.05) is 44.4 Å². The molecule has 0 bridgehead atoms. The number of nitrogen functional groups attached to an aromatic ring is 1. The van der Waals surface area contributed by atoms with Crippen molar-refractivity contribution in [1.82, 2.24) is 19.8 Å². The molecule has 0 aliphatic carbocycles. The molecular formula is C32H33F2N7O2S. The predicted molar refractivity (Wildman–Crippen MR) is 169 cm³/mol. The van der Waals surface area contributed by atoms with Crippen molar-refractivity contribution in [2.24, 2.45) is 0 Å². The van der Waals surface area contributed by atoms with Crippen LogP contribution in [0.4, 0.5) is 19.6 Å². The molecule has 9 nitrogen and oxygen atoms in total. The van der Waals surface area contributed by atoms with E-state index in [4.69, 9.17) is 15.5 Å². The summed E-state index contributed by atoms with van der Waals surface area (Å²) in [4.78, 5) is 27.7. The number of nitrogens with two attached hydrogens (primary N) is 1. The second kappa shape index (κ2) is 11.6. The van der Waals surface area contributed by atoms with Gasteiger partial charge in [-0.15, -0.1) is 11.3 Å². The number of carbonyl (C=O) groups excluding carboxylic acids is 1. The number of hydrogen-bond donors (Lipinski definition) is 1. The van der Waals surface area contributed by atoms with Crippen molar-refractivity contribution in [3.05, 3.63) is 54.1 Å². The number of nitrogens with zero attached hydrogens (tertiary/aromatic N) is 6. The minimum absolute atomic E-state index is 0.0398. The smallest absolute Gasteiger partial charge is 0.319 e. The summed E-state index contributed by atoms with van der Waals surface area (Å²) in [7, 11) is 3.92. The molecule has 2 saturated heterocycles. The molecule has 2 aliphatic rings. The lowest BCUT2D eigenvalue weighted by Crippen LogP contribution is -2.43. The summed E-state index contributed by atoms with van der Waals surface area (Å²) in [5, 5.41) is 10.7. The van der Waals surface area contributed by atoms with E-state index in [1.54, 1.807) is 17.0 Å². The second-order valence-corrected chi connectivity index (χ2v) is 12.5. The molecule has 1 amide bonds. The first-order valence-electron chi connectivity index (χ1n) is 14.5. The van der Waals surface area contributed by atoms with Crippen LogP contribution in [0.25, 0.3) is 32.1 Å². The molecule has 4 heterocycles. The Morgan fingerprint density at radius 1 is 1.25 bits per heavy atom. The lowest BCUT2D eigenvalue weighted by atomic mass is 9.97. The number of carbonyl (C=O) groups is 1. The molecule has 2 fully saturated rings. The molecule has 4 aromatic rings. The van der Waals surface area contributed by atoms with E-state index < -0.39 is 11.6 Å². The van der Waals surface area contributed by atoms with Gasteiger partial charge in [0.2, 0.25) is 5.91 Å². The summed E-state index contributed by atoms with van der Waals surface area (Å²) in [6, 6.07) is 8.09. The number of nitriles is 1. The van der Waals surface area contributed by atoms with Crippen LogP contribution in [0.5, 0.6) is 6.01 Å². The van der Waals surface area contributed by atoms with Crippen LogP contribution in [0.3, 0.4) is 0 Å². The van der Waals surface area contributed by atoms with Crippen molar-refractivity contribution >= 4 is 49.1 Å². The number of rotatable bonds is 7. The molecule has 1 unspecified atom stereocenters. The van der Waals surface area contributed by atoms with Gasteiger partial charge >= 0.3 is 6.01 Å². The number of fused-ring (bicyclic) bond motifs is 2. The van der Waals surface area contributed by atoms with Crippen LogP contribution in [0.1, 0.15) is 31.7 Å². The third-order valence-corrected chi connectivity index (χ3v) is 10.1. The van der Waals surface area contributed by atoms with Gasteiger partial charge in [-0.05, 0) is 63.6 Å². The summed E-state index contributed by atoms with van der Waals surface area (Å²) in [6.07, 6.45) is 4.05. The Hall–Kier alpha value is -4.34. The molecule has 2 aliphatic heterocycles. The van der Waals surface area contributed by atoms with Crippen LogP contribution in [-0.4, -0.2) is 77.6 Å². The van der Waals surface area contributed by atoms with Crippen LogP contribution in [0.15, 0.2) is 36.9 Å². The fraction of sp³-hybridized carbons (Fsp3) is 0.375. The van der Waals surface area contributed by atoms with E-state index in [9.17, 15) is 14.4 Å². The molecule has 228 valence electrons. The zero-order chi connectivity index (χ0) is 31.3. The Morgan fingerprint density at radius 2 is 2.02 bits per heavy atom. The lowest BCUT2D eigenvalue weighted by Gasteiger charge is -2.32. The number of likely N-dealkylation sites (tertiary alicyclic amines) is 2. The predicted octanol–water partition coefficient (Wildman–Crippen LogP) is 5.33. The average molecular weight is 618 g/mol. The number of hydrogen-bond acceptors (Lipinski definition) is 9. The van der Waals surface area contributed by atoms with E-state index in [1.807, 2.05) is 32.0 Å². The third kappa shape index (κ3) is 4.90. The van der Waals surface area contributed by atoms with Crippen LogP contribution in [-0.2, 0) is 4.79 Å². The monoisotopic (exact) mass is 617 g/mol. The highest BCUT2D eigenvalue weighted by molar-refractivity contribution is 7.23. The van der Waals surface area contributed by atoms with Gasteiger partial charge in [0.1, 0.15) is 34.8 Å². The van der Waals surface area contributed by atoms with Gasteiger partial charge in [0.05, 0.1) is 16.3 Å². The fourth-order valence-corrected chi connectivity index (χ4v) is 7.53. The average Bonchev–Trinajstić information content (AvgIpc) is 3.71. The zero-order valence-electron chi connectivity index (χ0n) is 24.8. The first-order chi connectivity index (χ1) is 21.1. The van der Waals surface area contributed by atoms with Gasteiger partial charge in [0.15, 0.2) is 5.82 Å². The van der Waals surface area contributed by atoms with E-state index in [0.717, 1.165) is 30.7 Å². The highest BCUT2D eigenvalue weighted by Gasteiger charge is 2.37. The van der Waals surface area contributed by atoms with E-state index in [2.05, 4.69) is 16.5 Å². The van der Waals surface area contributed by atoms with E-state index in [1.165, 1.54) is 18.2 Å². The van der Waals surface area contributed by atoms with E-state index in [0.29, 0.717) is 36.3 Å². The van der Waals surface area contributed by atoms with Gasteiger partial charge in [-0.25, -0.2) is 8.78 Å². The number of benzene rings is 2. The third-order valence-electron chi connectivity index (χ3n) is 9.07. The Kier molecular flexibility index (Phi) is 7.86. The summed E-state index contributed by atoms with van der Waals surface area (Å²) in [6.45, 7) is 7.49. The van der Waals surface area contributed by atoms with E-state index >= 15 is 4.39 Å². The molecule has 12 heteroatoms. The maximum atomic E-state index is 16.7. The van der Waals surface area contributed by atoms with Crippen molar-refractivity contribution in [1.29, 1.82) is 5.26 Å². The zero-order valence-corrected chi connectivity index (χ0v) is 25.6. The molecule has 44 heavy (non-hydrogen) atoms. The SMILES string of the molecule is C=CC(=O)N1CCC(N(C)c2nc(OC[C@@H]3CCCN3C)nc3c(F)c(-c4ccc(F)c5sc(N)c(C#N)c45)ccc23)[C@H]1C. The normalized spacial score (nSPS) is 20.4. The first-order valence-corrected chi connectivity index (χ1v) is 15.4.